The van der Waals surface area contributed by atoms with Gasteiger partial charge in [-0.05, 0) is 39.5 Å². The monoisotopic (exact) mass is 213 g/mol. The van der Waals surface area contributed by atoms with E-state index >= 15 is 0 Å². The first-order chi connectivity index (χ1) is 7.15. The van der Waals surface area contributed by atoms with Crippen molar-refractivity contribution in [1.29, 1.82) is 0 Å². The van der Waals surface area contributed by atoms with Gasteiger partial charge in [-0.1, -0.05) is 13.8 Å². The number of hydrogen-bond donors (Lipinski definition) is 1. The topological polar surface area (TPSA) is 18.5 Å². The Balaban J connectivity index is 2.41. The normalized spacial score (nSPS) is 26.8. The minimum Gasteiger partial charge on any atom is -0.315 e. The molecule has 15 heavy (non-hydrogen) atoms. The van der Waals surface area contributed by atoms with Gasteiger partial charge in [0.25, 0.3) is 0 Å². The summed E-state index contributed by atoms with van der Waals surface area (Å²) in [7, 11) is 4.31. The maximum absolute atomic E-state index is 3.49. The third-order valence-corrected chi connectivity index (χ3v) is 3.29. The highest BCUT2D eigenvalue weighted by Crippen LogP contribution is 2.15. The molecular weight excluding hydrogens is 186 g/mol. The Morgan fingerprint density at radius 2 is 1.87 bits per heavy atom. The lowest BCUT2D eigenvalue weighted by Gasteiger charge is -2.31. The molecule has 0 spiro atoms. The maximum Gasteiger partial charge on any atom is 0.0258 e. The van der Waals surface area contributed by atoms with Gasteiger partial charge >= 0.3 is 0 Å². The lowest BCUT2D eigenvalue weighted by atomic mass is 10.0. The Labute approximate surface area is 94.8 Å². The van der Waals surface area contributed by atoms with Crippen molar-refractivity contribution in [2.24, 2.45) is 5.92 Å². The van der Waals surface area contributed by atoms with E-state index in [1.807, 2.05) is 0 Å². The molecule has 1 saturated heterocycles. The van der Waals surface area contributed by atoms with Crippen LogP contribution in [-0.4, -0.2) is 62.7 Å². The van der Waals surface area contributed by atoms with Gasteiger partial charge in [-0.3, -0.25) is 4.90 Å². The van der Waals surface area contributed by atoms with Crippen LogP contribution in [0.3, 0.4) is 0 Å². The summed E-state index contributed by atoms with van der Waals surface area (Å²) in [4.78, 5) is 4.93. The number of hydrogen-bond acceptors (Lipinski definition) is 3. The average Bonchev–Trinajstić information content (AvgIpc) is 2.59. The molecule has 90 valence electrons. The highest BCUT2D eigenvalue weighted by Gasteiger charge is 2.27. The molecule has 1 aliphatic rings. The van der Waals surface area contributed by atoms with Crippen LogP contribution in [0.2, 0.25) is 0 Å². The van der Waals surface area contributed by atoms with E-state index < -0.39 is 0 Å². The third-order valence-electron chi connectivity index (χ3n) is 3.29. The van der Waals surface area contributed by atoms with Crippen molar-refractivity contribution in [3.8, 4) is 0 Å². The first-order valence-corrected chi connectivity index (χ1v) is 6.24. The fourth-order valence-corrected chi connectivity index (χ4v) is 2.34. The zero-order chi connectivity index (χ0) is 11.3. The van der Waals surface area contributed by atoms with Crippen molar-refractivity contribution in [2.75, 3.05) is 46.8 Å². The molecule has 0 radical (unpaired) electrons. The summed E-state index contributed by atoms with van der Waals surface area (Å²) in [5.74, 6) is 0.804. The number of likely N-dealkylation sites (N-methyl/N-ethyl adjacent to an activating group) is 1. The van der Waals surface area contributed by atoms with Crippen LogP contribution in [0.5, 0.6) is 0 Å². The molecule has 1 fully saturated rings. The van der Waals surface area contributed by atoms with Gasteiger partial charge in [0.15, 0.2) is 0 Å². The van der Waals surface area contributed by atoms with Gasteiger partial charge in [0.1, 0.15) is 0 Å². The minimum atomic E-state index is 0.755. The van der Waals surface area contributed by atoms with Crippen molar-refractivity contribution in [3.05, 3.63) is 0 Å². The Hall–Kier alpha value is -0.120. The quantitative estimate of drug-likeness (QED) is 0.706. The Bertz CT molecular complexity index is 170. The van der Waals surface area contributed by atoms with Crippen LogP contribution in [0.1, 0.15) is 20.3 Å². The fourth-order valence-electron chi connectivity index (χ4n) is 2.34. The number of nitrogens with one attached hydrogen (secondary N) is 1. The Kier molecular flexibility index (Phi) is 5.58. The van der Waals surface area contributed by atoms with E-state index in [0.29, 0.717) is 0 Å². The maximum atomic E-state index is 3.49. The van der Waals surface area contributed by atoms with Gasteiger partial charge in [-0.15, -0.1) is 0 Å². The summed E-state index contributed by atoms with van der Waals surface area (Å²) in [6, 6.07) is 0.755. The predicted octanol–water partition coefficient (Wildman–Crippen LogP) is 0.868. The van der Waals surface area contributed by atoms with E-state index in [0.717, 1.165) is 12.0 Å². The molecule has 0 saturated carbocycles. The van der Waals surface area contributed by atoms with Crippen molar-refractivity contribution in [2.45, 2.75) is 26.3 Å². The third kappa shape index (κ3) is 4.09. The van der Waals surface area contributed by atoms with Gasteiger partial charge < -0.3 is 10.2 Å². The predicted molar refractivity (Wildman–Crippen MR) is 66.2 cm³/mol. The SMILES string of the molecule is CCCN(CCN(C)C)C1CNCC1C. The molecule has 0 aliphatic carbocycles. The van der Waals surface area contributed by atoms with Gasteiger partial charge in [0.05, 0.1) is 0 Å². The van der Waals surface area contributed by atoms with E-state index in [1.54, 1.807) is 0 Å². The van der Waals surface area contributed by atoms with Crippen LogP contribution in [0.4, 0.5) is 0 Å². The summed E-state index contributed by atoms with van der Waals surface area (Å²) in [6.07, 6.45) is 1.26. The van der Waals surface area contributed by atoms with Gasteiger partial charge in [0, 0.05) is 25.7 Å². The van der Waals surface area contributed by atoms with Gasteiger partial charge in [0.2, 0.25) is 0 Å². The number of nitrogens with zero attached hydrogens (tertiary/aromatic N) is 2. The van der Waals surface area contributed by atoms with Crippen molar-refractivity contribution >= 4 is 0 Å². The highest BCUT2D eigenvalue weighted by atomic mass is 15.2. The van der Waals surface area contributed by atoms with Crippen LogP contribution in [0, 0.1) is 5.92 Å². The van der Waals surface area contributed by atoms with Gasteiger partial charge in [-0.25, -0.2) is 0 Å². The summed E-state index contributed by atoms with van der Waals surface area (Å²) >= 11 is 0. The standard InChI is InChI=1S/C12H27N3/c1-5-6-15(8-7-14(3)4)12-10-13-9-11(12)2/h11-13H,5-10H2,1-4H3. The van der Waals surface area contributed by atoms with E-state index in [9.17, 15) is 0 Å². The van der Waals surface area contributed by atoms with E-state index in [4.69, 9.17) is 0 Å². The minimum absolute atomic E-state index is 0.755. The van der Waals surface area contributed by atoms with Crippen molar-refractivity contribution in [3.63, 3.8) is 0 Å². The second kappa shape index (κ2) is 6.46. The Morgan fingerprint density at radius 3 is 2.33 bits per heavy atom. The summed E-state index contributed by atoms with van der Waals surface area (Å²) in [5, 5.41) is 3.49. The second-order valence-corrected chi connectivity index (χ2v) is 5.04. The van der Waals surface area contributed by atoms with E-state index in [2.05, 4.69) is 43.1 Å². The largest absolute Gasteiger partial charge is 0.315 e. The molecule has 0 aromatic carbocycles. The molecule has 2 unspecified atom stereocenters. The second-order valence-electron chi connectivity index (χ2n) is 5.04. The zero-order valence-corrected chi connectivity index (χ0v) is 10.8. The smallest absolute Gasteiger partial charge is 0.0258 e. The molecule has 1 rings (SSSR count). The van der Waals surface area contributed by atoms with Crippen molar-refractivity contribution in [1.82, 2.24) is 15.1 Å². The lowest BCUT2D eigenvalue weighted by Crippen LogP contribution is -2.43. The summed E-state index contributed by atoms with van der Waals surface area (Å²) in [6.45, 7) is 10.6. The molecule has 0 bridgehead atoms. The Morgan fingerprint density at radius 1 is 1.13 bits per heavy atom. The molecule has 1 heterocycles. The van der Waals surface area contributed by atoms with Crippen LogP contribution in [-0.2, 0) is 0 Å². The van der Waals surface area contributed by atoms with E-state index in [1.165, 1.54) is 39.1 Å². The highest BCUT2D eigenvalue weighted by molar-refractivity contribution is 4.86. The van der Waals surface area contributed by atoms with Crippen LogP contribution >= 0.6 is 0 Å². The van der Waals surface area contributed by atoms with Gasteiger partial charge in [-0.2, -0.15) is 0 Å². The first-order valence-electron chi connectivity index (χ1n) is 6.24. The van der Waals surface area contributed by atoms with Crippen LogP contribution in [0.15, 0.2) is 0 Å². The molecular formula is C12H27N3. The number of rotatable bonds is 6. The molecule has 3 nitrogen and oxygen atoms in total. The molecule has 0 aromatic heterocycles. The fraction of sp³-hybridized carbons (Fsp3) is 1.00. The average molecular weight is 213 g/mol. The van der Waals surface area contributed by atoms with Crippen LogP contribution in [0.25, 0.3) is 0 Å². The molecule has 1 N–H and O–H groups in total. The molecule has 3 heteroatoms. The van der Waals surface area contributed by atoms with Crippen LogP contribution < -0.4 is 5.32 Å². The summed E-state index contributed by atoms with van der Waals surface area (Å²) in [5.41, 5.74) is 0. The lowest BCUT2D eigenvalue weighted by molar-refractivity contribution is 0.163. The zero-order valence-electron chi connectivity index (χ0n) is 10.8. The molecule has 0 aromatic rings. The summed E-state index contributed by atoms with van der Waals surface area (Å²) < 4.78 is 0. The van der Waals surface area contributed by atoms with E-state index in [-0.39, 0.29) is 0 Å². The molecule has 1 aliphatic heterocycles. The molecule has 2 atom stereocenters. The molecule has 0 amide bonds. The van der Waals surface area contributed by atoms with Crippen molar-refractivity contribution < 1.29 is 0 Å². The first kappa shape index (κ1) is 12.9.